The molecule has 0 atom stereocenters. The Morgan fingerprint density at radius 1 is 1.38 bits per heavy atom. The van der Waals surface area contributed by atoms with E-state index >= 15 is 0 Å². The van der Waals surface area contributed by atoms with Crippen LogP contribution in [0.2, 0.25) is 0 Å². The van der Waals surface area contributed by atoms with Crippen molar-refractivity contribution in [3.05, 3.63) is 42.9 Å². The number of nitrogens with zero attached hydrogens (tertiary/aromatic N) is 2. The molecule has 1 aromatic heterocycles. The van der Waals surface area contributed by atoms with Crippen LogP contribution in [-0.2, 0) is 0 Å². The second-order valence-corrected chi connectivity index (χ2v) is 2.96. The van der Waals surface area contributed by atoms with Gasteiger partial charge in [-0.15, -0.1) is 0 Å². The Morgan fingerprint density at radius 2 is 2.12 bits per heavy atom. The number of para-hydroxylation sites is 1. The zero-order chi connectivity index (χ0) is 11.4. The lowest BCUT2D eigenvalue weighted by Crippen LogP contribution is -2.06. The van der Waals surface area contributed by atoms with Crippen LogP contribution in [0, 0.1) is 0 Å². The molecule has 82 valence electrons. The Balaban J connectivity index is 2.06. The second-order valence-electron chi connectivity index (χ2n) is 2.96. The minimum Gasteiger partial charge on any atom is -0.449 e. The minimum atomic E-state index is -1.38. The fourth-order valence-electron chi connectivity index (χ4n) is 1.17. The molecular weight excluding hydrogens is 210 g/mol. The summed E-state index contributed by atoms with van der Waals surface area (Å²) in [7, 11) is 0. The number of benzene rings is 1. The van der Waals surface area contributed by atoms with Gasteiger partial charge in [0.15, 0.2) is 0 Å². The molecule has 1 aromatic carbocycles. The fraction of sp³-hybridized carbons (Fsp3) is 0. The molecule has 16 heavy (non-hydrogen) atoms. The number of imidazole rings is 1. The Morgan fingerprint density at radius 3 is 2.81 bits per heavy atom. The highest BCUT2D eigenvalue weighted by Gasteiger charge is 2.04. The Hall–Kier alpha value is -2.50. The van der Waals surface area contributed by atoms with Gasteiger partial charge in [-0.3, -0.25) is 5.43 Å². The summed E-state index contributed by atoms with van der Waals surface area (Å²) in [6.45, 7) is 0. The molecule has 0 amide bonds. The van der Waals surface area contributed by atoms with E-state index in [9.17, 15) is 4.79 Å². The number of anilines is 1. The summed E-state index contributed by atoms with van der Waals surface area (Å²) in [5, 5.41) is 8.37. The summed E-state index contributed by atoms with van der Waals surface area (Å²) in [4.78, 5) is 14.0. The number of nitrogens with one attached hydrogen (secondary N) is 1. The van der Waals surface area contributed by atoms with Crippen molar-refractivity contribution < 1.29 is 14.6 Å². The monoisotopic (exact) mass is 219 g/mol. The van der Waals surface area contributed by atoms with E-state index in [1.807, 2.05) is 30.3 Å². The van der Waals surface area contributed by atoms with Crippen LogP contribution in [-0.4, -0.2) is 20.9 Å². The van der Waals surface area contributed by atoms with Gasteiger partial charge in [0.05, 0.1) is 11.9 Å². The zero-order valence-corrected chi connectivity index (χ0v) is 8.20. The summed E-state index contributed by atoms with van der Waals surface area (Å²) >= 11 is 0. The number of aromatic nitrogens is 2. The van der Waals surface area contributed by atoms with Gasteiger partial charge in [0, 0.05) is 0 Å². The summed E-state index contributed by atoms with van der Waals surface area (Å²) in [5.41, 5.74) is 3.84. The number of carboxylic acid groups (broad SMARTS) is 1. The van der Waals surface area contributed by atoms with E-state index in [-0.39, 0.29) is 5.88 Å². The first-order chi connectivity index (χ1) is 7.74. The lowest BCUT2D eigenvalue weighted by molar-refractivity contribution is 0.142. The molecule has 0 bridgehead atoms. The molecule has 0 radical (unpaired) electrons. The van der Waals surface area contributed by atoms with Crippen molar-refractivity contribution >= 4 is 11.8 Å². The van der Waals surface area contributed by atoms with Gasteiger partial charge >= 0.3 is 6.16 Å². The van der Waals surface area contributed by atoms with Crippen LogP contribution in [0.25, 0.3) is 0 Å². The molecule has 2 aromatic rings. The van der Waals surface area contributed by atoms with Gasteiger partial charge < -0.3 is 9.84 Å². The zero-order valence-electron chi connectivity index (χ0n) is 8.20. The van der Waals surface area contributed by atoms with Crippen LogP contribution >= 0.6 is 0 Å². The van der Waals surface area contributed by atoms with E-state index in [1.165, 1.54) is 17.2 Å². The topological polar surface area (TPSA) is 76.4 Å². The average Bonchev–Trinajstić information content (AvgIpc) is 2.66. The maximum absolute atomic E-state index is 10.2. The lowest BCUT2D eigenvalue weighted by atomic mass is 10.3. The third kappa shape index (κ3) is 2.50. The first-order valence-corrected chi connectivity index (χ1v) is 4.51. The Bertz CT molecular complexity index is 481. The molecule has 0 aliphatic rings. The van der Waals surface area contributed by atoms with Crippen molar-refractivity contribution in [2.24, 2.45) is 0 Å². The molecule has 0 fully saturated rings. The van der Waals surface area contributed by atoms with Gasteiger partial charge in [0.25, 0.3) is 0 Å². The van der Waals surface area contributed by atoms with E-state index < -0.39 is 6.16 Å². The van der Waals surface area contributed by atoms with Gasteiger partial charge in [0.1, 0.15) is 6.33 Å². The molecule has 2 N–H and O–H groups in total. The summed E-state index contributed by atoms with van der Waals surface area (Å²) in [5.74, 6) is 0.0240. The van der Waals surface area contributed by atoms with Crippen LogP contribution in [0.1, 0.15) is 0 Å². The normalized spacial score (nSPS) is 9.75. The van der Waals surface area contributed by atoms with Crippen molar-refractivity contribution in [2.45, 2.75) is 0 Å². The molecule has 1 heterocycles. The van der Waals surface area contributed by atoms with Crippen molar-refractivity contribution in [3.63, 3.8) is 0 Å². The van der Waals surface area contributed by atoms with Crippen molar-refractivity contribution in [3.8, 4) is 5.88 Å². The van der Waals surface area contributed by atoms with Gasteiger partial charge in [0.2, 0.25) is 5.88 Å². The van der Waals surface area contributed by atoms with E-state index in [4.69, 9.17) is 5.11 Å². The highest BCUT2D eigenvalue weighted by atomic mass is 16.7. The molecule has 6 heteroatoms. The third-order valence-electron chi connectivity index (χ3n) is 1.78. The number of hydrogen-bond acceptors (Lipinski definition) is 4. The molecule has 2 rings (SSSR count). The van der Waals surface area contributed by atoms with Crippen LogP contribution < -0.4 is 10.2 Å². The second kappa shape index (κ2) is 4.35. The van der Waals surface area contributed by atoms with Crippen LogP contribution in [0.5, 0.6) is 5.88 Å². The minimum absolute atomic E-state index is 0.0240. The number of ether oxygens (including phenoxy) is 1. The predicted molar refractivity (Wildman–Crippen MR) is 56.3 cm³/mol. The highest BCUT2D eigenvalue weighted by Crippen LogP contribution is 2.09. The van der Waals surface area contributed by atoms with E-state index in [0.29, 0.717) is 0 Å². The number of hydrogen-bond donors (Lipinski definition) is 2. The average molecular weight is 219 g/mol. The van der Waals surface area contributed by atoms with Crippen molar-refractivity contribution in [1.82, 2.24) is 9.66 Å². The molecule has 0 aliphatic carbocycles. The van der Waals surface area contributed by atoms with Crippen LogP contribution in [0.3, 0.4) is 0 Å². The first-order valence-electron chi connectivity index (χ1n) is 4.51. The van der Waals surface area contributed by atoms with Gasteiger partial charge in [-0.2, -0.15) is 4.98 Å². The van der Waals surface area contributed by atoms with Gasteiger partial charge in [-0.25, -0.2) is 9.47 Å². The molecule has 0 saturated carbocycles. The maximum atomic E-state index is 10.2. The molecule has 0 spiro atoms. The van der Waals surface area contributed by atoms with Gasteiger partial charge in [-0.05, 0) is 12.1 Å². The van der Waals surface area contributed by atoms with Crippen molar-refractivity contribution in [2.75, 3.05) is 5.43 Å². The van der Waals surface area contributed by atoms with Crippen LogP contribution in [0.15, 0.2) is 42.9 Å². The van der Waals surface area contributed by atoms with Crippen molar-refractivity contribution in [1.29, 1.82) is 0 Å². The highest BCUT2D eigenvalue weighted by molar-refractivity contribution is 5.60. The molecule has 0 aliphatic heterocycles. The third-order valence-corrected chi connectivity index (χ3v) is 1.78. The molecular formula is C10H9N3O3. The molecule has 6 nitrogen and oxygen atoms in total. The largest absolute Gasteiger partial charge is 0.512 e. The van der Waals surface area contributed by atoms with E-state index in [2.05, 4.69) is 15.1 Å². The van der Waals surface area contributed by atoms with E-state index in [1.54, 1.807) is 0 Å². The quantitative estimate of drug-likeness (QED) is 0.770. The summed E-state index contributed by atoms with van der Waals surface area (Å²) < 4.78 is 5.88. The summed E-state index contributed by atoms with van der Waals surface area (Å²) in [6.07, 6.45) is 1.47. The van der Waals surface area contributed by atoms with Gasteiger partial charge in [-0.1, -0.05) is 18.2 Å². The Kier molecular flexibility index (Phi) is 2.73. The smallest absolute Gasteiger partial charge is 0.449 e. The number of carbonyl (C=O) groups is 1. The number of rotatable bonds is 3. The standard InChI is InChI=1S/C10H9N3O3/c14-10(15)16-9-6-13(7-11-9)12-8-4-2-1-3-5-8/h1-7,12H,(H,14,15). The predicted octanol–water partition coefficient (Wildman–Crippen LogP) is 1.82. The molecule has 0 unspecified atom stereocenters. The first kappa shape index (κ1) is 10.0. The van der Waals surface area contributed by atoms with Crippen LogP contribution in [0.4, 0.5) is 10.5 Å². The lowest BCUT2D eigenvalue weighted by Gasteiger charge is -2.04. The van der Waals surface area contributed by atoms with E-state index in [0.717, 1.165) is 5.69 Å². The Labute approximate surface area is 91.1 Å². The molecule has 0 saturated heterocycles. The SMILES string of the molecule is O=C(O)Oc1cn(Nc2ccccc2)cn1. The maximum Gasteiger partial charge on any atom is 0.512 e. The summed E-state index contributed by atoms with van der Waals surface area (Å²) in [6, 6.07) is 9.41. The fourth-order valence-corrected chi connectivity index (χ4v) is 1.17.